The van der Waals surface area contributed by atoms with Crippen LogP contribution in [0.4, 0.5) is 5.82 Å². The highest BCUT2D eigenvalue weighted by Gasteiger charge is 2.04. The minimum Gasteiger partial charge on any atom is -0.486 e. The first kappa shape index (κ1) is 11.1. The topological polar surface area (TPSA) is 63.9 Å². The van der Waals surface area contributed by atoms with E-state index in [0.717, 1.165) is 5.69 Å². The van der Waals surface area contributed by atoms with Crippen molar-refractivity contribution in [2.75, 3.05) is 5.73 Å². The van der Waals surface area contributed by atoms with Crippen molar-refractivity contribution < 1.29 is 4.74 Å². The standard InChI is InChI=1S/C10H9Cl2N3O/c11-6-1-2-8(12)9(3-6)16-5-7-4-10(13)15-14-7/h1-4H,5H2,(H3,13,14,15). The van der Waals surface area contributed by atoms with Crippen LogP contribution in [0.5, 0.6) is 5.75 Å². The van der Waals surface area contributed by atoms with Crippen LogP contribution in [0.1, 0.15) is 5.69 Å². The zero-order valence-corrected chi connectivity index (χ0v) is 9.72. The van der Waals surface area contributed by atoms with E-state index in [1.165, 1.54) is 0 Å². The Bertz CT molecular complexity index is 499. The van der Waals surface area contributed by atoms with Crippen molar-refractivity contribution in [1.29, 1.82) is 0 Å². The van der Waals surface area contributed by atoms with Crippen molar-refractivity contribution in [2.24, 2.45) is 0 Å². The van der Waals surface area contributed by atoms with Gasteiger partial charge in [0.1, 0.15) is 18.2 Å². The molecular weight excluding hydrogens is 249 g/mol. The van der Waals surface area contributed by atoms with Crippen molar-refractivity contribution >= 4 is 29.0 Å². The highest BCUT2D eigenvalue weighted by Crippen LogP contribution is 2.28. The molecule has 1 heterocycles. The number of nitrogens with zero attached hydrogens (tertiary/aromatic N) is 1. The van der Waals surface area contributed by atoms with Crippen LogP contribution in [-0.4, -0.2) is 10.2 Å². The summed E-state index contributed by atoms with van der Waals surface area (Å²) >= 11 is 11.8. The maximum Gasteiger partial charge on any atom is 0.145 e. The molecule has 2 rings (SSSR count). The second-order valence-electron chi connectivity index (χ2n) is 3.18. The number of aromatic amines is 1. The van der Waals surface area contributed by atoms with Crippen LogP contribution in [0.25, 0.3) is 0 Å². The van der Waals surface area contributed by atoms with E-state index in [0.29, 0.717) is 28.2 Å². The van der Waals surface area contributed by atoms with Gasteiger partial charge in [-0.15, -0.1) is 0 Å². The molecule has 0 aliphatic heterocycles. The van der Waals surface area contributed by atoms with Gasteiger partial charge in [-0.1, -0.05) is 23.2 Å². The minimum atomic E-state index is 0.310. The SMILES string of the molecule is Nc1cc(COc2cc(Cl)ccc2Cl)[nH]n1. The average Bonchev–Trinajstić information content (AvgIpc) is 2.66. The third-order valence-electron chi connectivity index (χ3n) is 1.93. The van der Waals surface area contributed by atoms with Crippen molar-refractivity contribution in [3.63, 3.8) is 0 Å². The molecule has 0 spiro atoms. The van der Waals surface area contributed by atoms with Gasteiger partial charge in [0.2, 0.25) is 0 Å². The first-order chi connectivity index (χ1) is 7.65. The third-order valence-corrected chi connectivity index (χ3v) is 2.47. The third kappa shape index (κ3) is 2.59. The molecule has 0 atom stereocenters. The quantitative estimate of drug-likeness (QED) is 0.889. The lowest BCUT2D eigenvalue weighted by molar-refractivity contribution is 0.301. The van der Waals surface area contributed by atoms with Gasteiger partial charge in [-0.3, -0.25) is 5.10 Å². The van der Waals surface area contributed by atoms with Gasteiger partial charge in [0.25, 0.3) is 0 Å². The molecule has 0 aliphatic rings. The van der Waals surface area contributed by atoms with Gasteiger partial charge < -0.3 is 10.5 Å². The number of halogens is 2. The predicted molar refractivity (Wildman–Crippen MR) is 63.8 cm³/mol. The normalized spacial score (nSPS) is 10.4. The molecule has 16 heavy (non-hydrogen) atoms. The maximum atomic E-state index is 5.93. The lowest BCUT2D eigenvalue weighted by Crippen LogP contribution is -1.96. The van der Waals surface area contributed by atoms with E-state index in [1.54, 1.807) is 24.3 Å². The lowest BCUT2D eigenvalue weighted by Gasteiger charge is -2.06. The van der Waals surface area contributed by atoms with Crippen molar-refractivity contribution in [3.05, 3.63) is 40.0 Å². The number of ether oxygens (including phenoxy) is 1. The number of nitrogens with two attached hydrogens (primary N) is 1. The Morgan fingerprint density at radius 2 is 2.12 bits per heavy atom. The van der Waals surface area contributed by atoms with Crippen LogP contribution in [0, 0.1) is 0 Å². The van der Waals surface area contributed by atoms with Crippen LogP contribution in [0.15, 0.2) is 24.3 Å². The number of H-pyrrole nitrogens is 1. The summed E-state index contributed by atoms with van der Waals surface area (Å²) in [6, 6.07) is 6.73. The van der Waals surface area contributed by atoms with Gasteiger partial charge in [0, 0.05) is 17.2 Å². The lowest BCUT2D eigenvalue weighted by atomic mass is 10.3. The van der Waals surface area contributed by atoms with E-state index in [9.17, 15) is 0 Å². The second kappa shape index (κ2) is 4.63. The Morgan fingerprint density at radius 3 is 2.81 bits per heavy atom. The van der Waals surface area contributed by atoms with E-state index in [2.05, 4.69) is 10.2 Å². The number of benzene rings is 1. The van der Waals surface area contributed by atoms with Crippen molar-refractivity contribution in [3.8, 4) is 5.75 Å². The Kier molecular flexibility index (Phi) is 3.22. The fourth-order valence-corrected chi connectivity index (χ4v) is 1.53. The van der Waals surface area contributed by atoms with Crippen molar-refractivity contribution in [2.45, 2.75) is 6.61 Å². The van der Waals surface area contributed by atoms with Gasteiger partial charge in [-0.25, -0.2) is 0 Å². The van der Waals surface area contributed by atoms with Gasteiger partial charge >= 0.3 is 0 Å². The molecule has 0 fully saturated rings. The van der Waals surface area contributed by atoms with Crippen LogP contribution in [0.2, 0.25) is 10.0 Å². The van der Waals surface area contributed by atoms with Crippen LogP contribution in [-0.2, 0) is 6.61 Å². The van der Waals surface area contributed by atoms with E-state index < -0.39 is 0 Å². The van der Waals surface area contributed by atoms with Crippen LogP contribution >= 0.6 is 23.2 Å². The summed E-state index contributed by atoms with van der Waals surface area (Å²) in [5.41, 5.74) is 6.23. The molecule has 0 unspecified atom stereocenters. The highest BCUT2D eigenvalue weighted by atomic mass is 35.5. The number of hydrogen-bond acceptors (Lipinski definition) is 3. The number of anilines is 1. The summed E-state index contributed by atoms with van der Waals surface area (Å²) in [7, 11) is 0. The Balaban J connectivity index is 2.07. The Hall–Kier alpha value is -1.39. The molecule has 0 saturated carbocycles. The maximum absolute atomic E-state index is 5.93. The molecule has 4 nitrogen and oxygen atoms in total. The smallest absolute Gasteiger partial charge is 0.145 e. The molecule has 1 aromatic heterocycles. The van der Waals surface area contributed by atoms with E-state index >= 15 is 0 Å². The first-order valence-electron chi connectivity index (χ1n) is 4.53. The highest BCUT2D eigenvalue weighted by molar-refractivity contribution is 6.34. The molecule has 2 aromatic rings. The first-order valence-corrected chi connectivity index (χ1v) is 5.28. The summed E-state index contributed by atoms with van der Waals surface area (Å²) in [6.45, 7) is 0.310. The van der Waals surface area contributed by atoms with Crippen LogP contribution < -0.4 is 10.5 Å². The van der Waals surface area contributed by atoms with E-state index in [4.69, 9.17) is 33.7 Å². The molecule has 1 aromatic carbocycles. The fraction of sp³-hybridized carbons (Fsp3) is 0.100. The average molecular weight is 258 g/mol. The molecular formula is C10H9Cl2N3O. The van der Waals surface area contributed by atoms with Gasteiger partial charge in [0.15, 0.2) is 0 Å². The molecule has 0 radical (unpaired) electrons. The zero-order valence-electron chi connectivity index (χ0n) is 8.21. The van der Waals surface area contributed by atoms with E-state index in [1.807, 2.05) is 0 Å². The summed E-state index contributed by atoms with van der Waals surface area (Å²) in [5, 5.41) is 7.60. The van der Waals surface area contributed by atoms with E-state index in [-0.39, 0.29) is 0 Å². The van der Waals surface area contributed by atoms with Gasteiger partial charge in [-0.2, -0.15) is 5.10 Å². The summed E-state index contributed by atoms with van der Waals surface area (Å²) < 4.78 is 5.47. The Morgan fingerprint density at radius 1 is 1.31 bits per heavy atom. The number of hydrogen-bond donors (Lipinski definition) is 2. The molecule has 84 valence electrons. The summed E-state index contributed by atoms with van der Waals surface area (Å²) in [6.07, 6.45) is 0. The minimum absolute atomic E-state index is 0.310. The largest absolute Gasteiger partial charge is 0.486 e. The fourth-order valence-electron chi connectivity index (χ4n) is 1.20. The van der Waals surface area contributed by atoms with Crippen molar-refractivity contribution in [1.82, 2.24) is 10.2 Å². The number of aromatic nitrogens is 2. The second-order valence-corrected chi connectivity index (χ2v) is 4.03. The number of nitrogen functional groups attached to an aromatic ring is 1. The number of nitrogens with one attached hydrogen (secondary N) is 1. The van der Waals surface area contributed by atoms with Gasteiger partial charge in [-0.05, 0) is 12.1 Å². The molecule has 6 heteroatoms. The summed E-state index contributed by atoms with van der Waals surface area (Å²) in [5.74, 6) is 0.957. The van der Waals surface area contributed by atoms with Gasteiger partial charge in [0.05, 0.1) is 10.7 Å². The Labute approximate surface area is 102 Å². The summed E-state index contributed by atoms with van der Waals surface area (Å²) in [4.78, 5) is 0. The molecule has 0 bridgehead atoms. The zero-order chi connectivity index (χ0) is 11.5. The molecule has 0 amide bonds. The monoisotopic (exact) mass is 257 g/mol. The predicted octanol–water partition coefficient (Wildman–Crippen LogP) is 2.88. The molecule has 0 saturated heterocycles. The molecule has 0 aliphatic carbocycles. The molecule has 3 N–H and O–H groups in total. The number of rotatable bonds is 3. The van der Waals surface area contributed by atoms with Crippen LogP contribution in [0.3, 0.4) is 0 Å².